The van der Waals surface area contributed by atoms with Crippen LogP contribution in [0.1, 0.15) is 50.2 Å². The van der Waals surface area contributed by atoms with Gasteiger partial charge >= 0.3 is 0 Å². The number of likely N-dealkylation sites (tertiary alicyclic amines) is 1. The first-order chi connectivity index (χ1) is 16.4. The largest absolute Gasteiger partial charge is 0.457 e. The molecule has 34 heavy (non-hydrogen) atoms. The predicted molar refractivity (Wildman–Crippen MR) is 135 cm³/mol. The molecule has 1 aliphatic heterocycles. The van der Waals surface area contributed by atoms with Gasteiger partial charge in [0.25, 0.3) is 0 Å². The first kappa shape index (κ1) is 26.6. The number of nitrogens with one attached hydrogen (secondary N) is 1. The summed E-state index contributed by atoms with van der Waals surface area (Å²) in [6.07, 6.45) is 4.36. The van der Waals surface area contributed by atoms with Crippen LogP contribution in [0.4, 0.5) is 4.39 Å². The summed E-state index contributed by atoms with van der Waals surface area (Å²) >= 11 is 0. The Bertz CT molecular complexity index is 909. The van der Waals surface area contributed by atoms with E-state index in [0.29, 0.717) is 30.6 Å². The lowest BCUT2D eigenvalue weighted by Gasteiger charge is -2.45. The number of hydrogen-bond acceptors (Lipinski definition) is 5. The van der Waals surface area contributed by atoms with Crippen molar-refractivity contribution in [3.8, 4) is 11.5 Å². The molecule has 0 radical (unpaired) electrons. The molecule has 0 spiro atoms. The Hall–Kier alpha value is -1.99. The van der Waals surface area contributed by atoms with E-state index >= 15 is 0 Å². The number of halogens is 1. The van der Waals surface area contributed by atoms with Crippen molar-refractivity contribution in [2.75, 3.05) is 40.4 Å². The summed E-state index contributed by atoms with van der Waals surface area (Å²) in [5.74, 6) is 0.795. The SMILES string of the molecule is CNCC(C)N1CCC[C@@H]([C@@](O)(CCCCOC)c2ccccc2Oc2cc(F)ccc2C)C1. The van der Waals surface area contributed by atoms with Crippen LogP contribution in [-0.2, 0) is 10.3 Å². The van der Waals surface area contributed by atoms with Crippen molar-refractivity contribution >= 4 is 0 Å². The smallest absolute Gasteiger partial charge is 0.133 e. The highest BCUT2D eigenvalue weighted by Crippen LogP contribution is 2.44. The third kappa shape index (κ3) is 6.57. The van der Waals surface area contributed by atoms with Crippen LogP contribution >= 0.6 is 0 Å². The fourth-order valence-electron chi connectivity index (χ4n) is 5.14. The standard InChI is InChI=1S/C28H41FN2O3/c1-21-13-14-24(29)18-27(21)34-26-12-6-5-11-25(26)28(32,15-7-8-17-33-4)23-10-9-16-31(20-23)22(2)19-30-3/h5-6,11-14,18,22-23,30,32H,7-10,15-17,19-20H2,1-4H3/t22?,23-,28+/m1/s1. The van der Waals surface area contributed by atoms with E-state index in [1.165, 1.54) is 12.1 Å². The molecule has 1 heterocycles. The third-order valence-electron chi connectivity index (χ3n) is 7.13. The van der Waals surface area contributed by atoms with Crippen molar-refractivity contribution < 1.29 is 19.0 Å². The maximum absolute atomic E-state index is 13.9. The number of benzene rings is 2. The number of hydrogen-bond donors (Lipinski definition) is 2. The molecule has 1 saturated heterocycles. The monoisotopic (exact) mass is 472 g/mol. The molecule has 0 bridgehead atoms. The topological polar surface area (TPSA) is 54.0 Å². The summed E-state index contributed by atoms with van der Waals surface area (Å²) in [5.41, 5.74) is 0.581. The molecule has 5 nitrogen and oxygen atoms in total. The van der Waals surface area contributed by atoms with Gasteiger partial charge in [0.1, 0.15) is 17.3 Å². The van der Waals surface area contributed by atoms with Gasteiger partial charge in [-0.2, -0.15) is 0 Å². The Morgan fingerprint density at radius 3 is 2.76 bits per heavy atom. The van der Waals surface area contributed by atoms with E-state index in [1.54, 1.807) is 13.2 Å². The number of para-hydroxylation sites is 1. The summed E-state index contributed by atoms with van der Waals surface area (Å²) in [6.45, 7) is 7.59. The lowest BCUT2D eigenvalue weighted by atomic mass is 9.73. The van der Waals surface area contributed by atoms with Crippen molar-refractivity contribution in [3.63, 3.8) is 0 Å². The quantitative estimate of drug-likeness (QED) is 0.413. The molecule has 0 aliphatic carbocycles. The van der Waals surface area contributed by atoms with E-state index in [9.17, 15) is 9.50 Å². The molecular weight excluding hydrogens is 431 g/mol. The van der Waals surface area contributed by atoms with Crippen LogP contribution in [0.15, 0.2) is 42.5 Å². The zero-order valence-corrected chi connectivity index (χ0v) is 21.1. The minimum Gasteiger partial charge on any atom is -0.457 e. The van der Waals surface area contributed by atoms with E-state index < -0.39 is 5.60 Å². The molecule has 0 aromatic heterocycles. The molecule has 3 rings (SSSR count). The average Bonchev–Trinajstić information content (AvgIpc) is 2.84. The first-order valence-electron chi connectivity index (χ1n) is 12.5. The molecule has 6 heteroatoms. The van der Waals surface area contributed by atoms with E-state index in [-0.39, 0.29) is 11.7 Å². The van der Waals surface area contributed by atoms with E-state index in [0.717, 1.165) is 56.4 Å². The molecule has 1 unspecified atom stereocenters. The van der Waals surface area contributed by atoms with Crippen LogP contribution in [0, 0.1) is 18.7 Å². The van der Waals surface area contributed by atoms with E-state index in [4.69, 9.17) is 9.47 Å². The second kappa shape index (κ2) is 12.6. The lowest BCUT2D eigenvalue weighted by molar-refractivity contribution is -0.0676. The maximum Gasteiger partial charge on any atom is 0.133 e. The molecule has 0 amide bonds. The van der Waals surface area contributed by atoms with E-state index in [2.05, 4.69) is 17.1 Å². The fourth-order valence-corrected chi connectivity index (χ4v) is 5.14. The second-order valence-corrected chi connectivity index (χ2v) is 9.62. The number of ether oxygens (including phenoxy) is 2. The van der Waals surface area contributed by atoms with Crippen molar-refractivity contribution in [2.45, 2.75) is 57.6 Å². The number of likely N-dealkylation sites (N-methyl/N-ethyl adjacent to an activating group) is 1. The molecule has 188 valence electrons. The minimum absolute atomic E-state index is 0.0708. The second-order valence-electron chi connectivity index (χ2n) is 9.62. The molecule has 1 aliphatic rings. The molecular formula is C28H41FN2O3. The van der Waals surface area contributed by atoms with Gasteiger partial charge in [0.2, 0.25) is 0 Å². The summed E-state index contributed by atoms with van der Waals surface area (Å²) < 4.78 is 25.4. The van der Waals surface area contributed by atoms with Crippen LogP contribution in [0.3, 0.4) is 0 Å². The summed E-state index contributed by atoms with van der Waals surface area (Å²) in [7, 11) is 3.69. The molecule has 1 fully saturated rings. The minimum atomic E-state index is -1.05. The van der Waals surface area contributed by atoms with Gasteiger partial charge in [-0.25, -0.2) is 4.39 Å². The van der Waals surface area contributed by atoms with Gasteiger partial charge in [0, 0.05) is 50.4 Å². The molecule has 2 aromatic carbocycles. The van der Waals surface area contributed by atoms with Crippen LogP contribution < -0.4 is 10.1 Å². The van der Waals surface area contributed by atoms with Crippen LogP contribution in [0.5, 0.6) is 11.5 Å². The number of nitrogens with zero attached hydrogens (tertiary/aromatic N) is 1. The summed E-state index contributed by atoms with van der Waals surface area (Å²) in [4.78, 5) is 2.48. The van der Waals surface area contributed by atoms with Gasteiger partial charge in [0.15, 0.2) is 0 Å². The van der Waals surface area contributed by atoms with Gasteiger partial charge < -0.3 is 19.9 Å². The van der Waals surface area contributed by atoms with Crippen LogP contribution in [0.2, 0.25) is 0 Å². The highest BCUT2D eigenvalue weighted by Gasteiger charge is 2.42. The maximum atomic E-state index is 13.9. The van der Waals surface area contributed by atoms with Crippen LogP contribution in [0.25, 0.3) is 0 Å². The average molecular weight is 473 g/mol. The van der Waals surface area contributed by atoms with Gasteiger partial charge in [-0.1, -0.05) is 24.3 Å². The van der Waals surface area contributed by atoms with Crippen molar-refractivity contribution in [1.29, 1.82) is 0 Å². The predicted octanol–water partition coefficient (Wildman–Crippen LogP) is 5.25. The van der Waals surface area contributed by atoms with Crippen molar-refractivity contribution in [2.24, 2.45) is 5.92 Å². The molecule has 3 atom stereocenters. The summed E-state index contributed by atoms with van der Waals surface area (Å²) in [6, 6.07) is 12.7. The van der Waals surface area contributed by atoms with Crippen molar-refractivity contribution in [3.05, 3.63) is 59.4 Å². The van der Waals surface area contributed by atoms with Crippen molar-refractivity contribution in [1.82, 2.24) is 10.2 Å². The first-order valence-corrected chi connectivity index (χ1v) is 12.5. The number of unbranched alkanes of at least 4 members (excludes halogenated alkanes) is 1. The Labute approximate surface area is 204 Å². The highest BCUT2D eigenvalue weighted by molar-refractivity contribution is 5.44. The van der Waals surface area contributed by atoms with Gasteiger partial charge in [0.05, 0.1) is 5.60 Å². The molecule has 2 aromatic rings. The number of rotatable bonds is 12. The zero-order valence-electron chi connectivity index (χ0n) is 21.1. The Balaban J connectivity index is 1.94. The Morgan fingerprint density at radius 2 is 2.00 bits per heavy atom. The van der Waals surface area contributed by atoms with Gasteiger partial charge in [-0.05, 0) is 77.2 Å². The fraction of sp³-hybridized carbons (Fsp3) is 0.571. The van der Waals surface area contributed by atoms with E-state index in [1.807, 2.05) is 38.2 Å². The van der Waals surface area contributed by atoms with Crippen LogP contribution in [-0.4, -0.2) is 56.4 Å². The number of aliphatic hydroxyl groups is 1. The van der Waals surface area contributed by atoms with Gasteiger partial charge in [-0.3, -0.25) is 4.90 Å². The molecule has 2 N–H and O–H groups in total. The molecule has 0 saturated carbocycles. The zero-order chi connectivity index (χ0) is 24.6. The number of aryl methyl sites for hydroxylation is 1. The Kier molecular flexibility index (Phi) is 9.89. The highest BCUT2D eigenvalue weighted by atomic mass is 19.1. The number of methoxy groups -OCH3 is 1. The summed E-state index contributed by atoms with van der Waals surface area (Å²) in [5, 5.41) is 15.7. The normalized spacial score (nSPS) is 19.5. The lowest BCUT2D eigenvalue weighted by Crippen LogP contribution is -2.50. The van der Waals surface area contributed by atoms with Gasteiger partial charge in [-0.15, -0.1) is 0 Å². The third-order valence-corrected chi connectivity index (χ3v) is 7.13. The Morgan fingerprint density at radius 1 is 1.21 bits per heavy atom. The number of piperidine rings is 1.